The largest absolute Gasteiger partial charge is 0.465 e. The summed E-state index contributed by atoms with van der Waals surface area (Å²) in [5.74, 6) is -2.01. The van der Waals surface area contributed by atoms with Crippen LogP contribution in [0.3, 0.4) is 0 Å². The molecule has 0 aliphatic carbocycles. The molecule has 4 N–H and O–H groups in total. The molecule has 1 fully saturated rings. The number of morpholine rings is 1. The van der Waals surface area contributed by atoms with E-state index in [9.17, 15) is 19.2 Å². The minimum Gasteiger partial charge on any atom is -0.465 e. The van der Waals surface area contributed by atoms with Crippen LogP contribution < -0.4 is 16.0 Å². The van der Waals surface area contributed by atoms with Gasteiger partial charge in [-0.2, -0.15) is 0 Å². The monoisotopic (exact) mass is 414 g/mol. The Hall–Kier alpha value is -2.20. The third kappa shape index (κ3) is 9.71. The van der Waals surface area contributed by atoms with Gasteiger partial charge in [-0.1, -0.05) is 20.8 Å². The highest BCUT2D eigenvalue weighted by atomic mass is 16.5. The molecule has 1 aliphatic heterocycles. The number of rotatable bonds is 12. The first-order valence-corrected chi connectivity index (χ1v) is 10.2. The lowest BCUT2D eigenvalue weighted by atomic mass is 10.0. The second kappa shape index (κ2) is 13.1. The highest BCUT2D eigenvalue weighted by Crippen LogP contribution is 2.06. The first-order valence-electron chi connectivity index (χ1n) is 10.2. The summed E-state index contributed by atoms with van der Waals surface area (Å²) in [4.78, 5) is 50.1. The molecule has 0 saturated carbocycles. The second-order valence-corrected chi connectivity index (χ2v) is 7.53. The van der Waals surface area contributed by atoms with Crippen molar-refractivity contribution in [2.75, 3.05) is 39.4 Å². The maximum absolute atomic E-state index is 12.4. The summed E-state index contributed by atoms with van der Waals surface area (Å²) in [6.07, 6.45) is -0.0894. The van der Waals surface area contributed by atoms with Crippen LogP contribution in [0.25, 0.3) is 0 Å². The van der Waals surface area contributed by atoms with Crippen LogP contribution in [0.5, 0.6) is 0 Å². The molecule has 10 nitrogen and oxygen atoms in total. The Morgan fingerprint density at radius 3 is 2.28 bits per heavy atom. The molecule has 166 valence electrons. The van der Waals surface area contributed by atoms with E-state index in [1.807, 2.05) is 13.8 Å². The highest BCUT2D eigenvalue weighted by molar-refractivity contribution is 6.38. The van der Waals surface area contributed by atoms with Crippen LogP contribution in [0.1, 0.15) is 40.0 Å². The van der Waals surface area contributed by atoms with Crippen molar-refractivity contribution in [2.24, 2.45) is 5.92 Å². The molecule has 2 atom stereocenters. The molecule has 0 aromatic rings. The van der Waals surface area contributed by atoms with Crippen molar-refractivity contribution in [3.05, 3.63) is 0 Å². The van der Waals surface area contributed by atoms with E-state index in [4.69, 9.17) is 9.84 Å². The lowest BCUT2D eigenvalue weighted by Crippen LogP contribution is -2.54. The normalized spacial score (nSPS) is 16.7. The highest BCUT2D eigenvalue weighted by Gasteiger charge is 2.29. The number of amides is 3. The van der Waals surface area contributed by atoms with Crippen LogP contribution in [0.15, 0.2) is 0 Å². The van der Waals surface area contributed by atoms with Crippen molar-refractivity contribution in [3.8, 4) is 0 Å². The number of nitrogens with one attached hydrogen (secondary N) is 3. The molecule has 29 heavy (non-hydrogen) atoms. The molecular weight excluding hydrogens is 380 g/mol. The van der Waals surface area contributed by atoms with Crippen molar-refractivity contribution in [2.45, 2.75) is 52.1 Å². The smallest absolute Gasteiger partial charge is 0.405 e. The van der Waals surface area contributed by atoms with Gasteiger partial charge >= 0.3 is 6.09 Å². The molecule has 1 aliphatic rings. The molecule has 0 aromatic carbocycles. The number of carbonyl (C=O) groups excluding carboxylic acids is 3. The average Bonchev–Trinajstić information content (AvgIpc) is 2.68. The van der Waals surface area contributed by atoms with Gasteiger partial charge in [0.05, 0.1) is 19.3 Å². The lowest BCUT2D eigenvalue weighted by Gasteiger charge is -2.26. The third-order valence-electron chi connectivity index (χ3n) is 4.63. The van der Waals surface area contributed by atoms with Crippen LogP contribution in [0, 0.1) is 5.92 Å². The molecular formula is C19H34N4O6. The van der Waals surface area contributed by atoms with Gasteiger partial charge < -0.3 is 25.8 Å². The zero-order valence-electron chi connectivity index (χ0n) is 17.5. The minimum absolute atomic E-state index is 0.0724. The number of hydrogen-bond acceptors (Lipinski definition) is 6. The summed E-state index contributed by atoms with van der Waals surface area (Å²) in [5.41, 5.74) is 0. The standard InChI is InChI=1S/C19H34N4O6/c1-4-14(21-17(25)15(12-13(2)3)22-19(27)28)16(24)18(26)20-6-5-7-23-8-10-29-11-9-23/h13-15,22H,4-12H2,1-3H3,(H,20,26)(H,21,25)(H,27,28). The quantitative estimate of drug-likeness (QED) is 0.260. The summed E-state index contributed by atoms with van der Waals surface area (Å²) in [7, 11) is 0. The summed E-state index contributed by atoms with van der Waals surface area (Å²) in [6, 6.07) is -1.97. The van der Waals surface area contributed by atoms with Gasteiger partial charge in [-0.05, 0) is 31.7 Å². The molecule has 1 heterocycles. The third-order valence-corrected chi connectivity index (χ3v) is 4.63. The van der Waals surface area contributed by atoms with Crippen molar-refractivity contribution >= 4 is 23.7 Å². The number of ether oxygens (including phenoxy) is 1. The average molecular weight is 415 g/mol. The van der Waals surface area contributed by atoms with E-state index in [0.29, 0.717) is 26.2 Å². The molecule has 0 radical (unpaired) electrons. The maximum Gasteiger partial charge on any atom is 0.405 e. The Morgan fingerprint density at radius 2 is 1.72 bits per heavy atom. The van der Waals surface area contributed by atoms with E-state index in [-0.39, 0.29) is 18.8 Å². The van der Waals surface area contributed by atoms with Crippen molar-refractivity contribution in [1.29, 1.82) is 0 Å². The summed E-state index contributed by atoms with van der Waals surface area (Å²) in [5, 5.41) is 16.2. The molecule has 0 aromatic heterocycles. The fourth-order valence-electron chi connectivity index (χ4n) is 3.05. The molecule has 1 rings (SSSR count). The number of carbonyl (C=O) groups is 4. The Bertz CT molecular complexity index is 563. The minimum atomic E-state index is -1.32. The summed E-state index contributed by atoms with van der Waals surface area (Å²) in [6.45, 7) is 9.70. The fraction of sp³-hybridized carbons (Fsp3) is 0.789. The van der Waals surface area contributed by atoms with E-state index in [0.717, 1.165) is 19.6 Å². The molecule has 3 amide bonds. The Kier molecular flexibility index (Phi) is 11.2. The molecule has 0 bridgehead atoms. The van der Waals surface area contributed by atoms with Gasteiger partial charge in [-0.15, -0.1) is 0 Å². The van der Waals surface area contributed by atoms with Crippen LogP contribution >= 0.6 is 0 Å². The van der Waals surface area contributed by atoms with E-state index in [2.05, 4.69) is 20.9 Å². The topological polar surface area (TPSA) is 137 Å². The van der Waals surface area contributed by atoms with Gasteiger partial charge in [-0.25, -0.2) is 4.79 Å². The number of ketones is 1. The van der Waals surface area contributed by atoms with E-state index < -0.39 is 35.8 Å². The van der Waals surface area contributed by atoms with E-state index in [1.165, 1.54) is 0 Å². The predicted octanol–water partition coefficient (Wildman–Crippen LogP) is -0.0289. The van der Waals surface area contributed by atoms with Gasteiger partial charge in [0.1, 0.15) is 6.04 Å². The summed E-state index contributed by atoms with van der Waals surface area (Å²) < 4.78 is 5.28. The first-order chi connectivity index (χ1) is 13.7. The van der Waals surface area contributed by atoms with Crippen molar-refractivity contribution in [1.82, 2.24) is 20.9 Å². The van der Waals surface area contributed by atoms with Gasteiger partial charge in [0.25, 0.3) is 5.91 Å². The van der Waals surface area contributed by atoms with E-state index >= 15 is 0 Å². The van der Waals surface area contributed by atoms with E-state index in [1.54, 1.807) is 6.92 Å². The van der Waals surface area contributed by atoms with Gasteiger partial charge in [0.15, 0.2) is 0 Å². The van der Waals surface area contributed by atoms with Gasteiger partial charge in [-0.3, -0.25) is 19.3 Å². The van der Waals surface area contributed by atoms with Crippen LogP contribution in [-0.2, 0) is 19.1 Å². The number of hydrogen-bond donors (Lipinski definition) is 4. The number of Topliss-reactive ketones (excluding diaryl/α,β-unsaturated/α-hetero) is 1. The summed E-state index contributed by atoms with van der Waals surface area (Å²) >= 11 is 0. The molecule has 0 spiro atoms. The number of nitrogens with zero attached hydrogens (tertiary/aromatic N) is 1. The van der Waals surface area contributed by atoms with Crippen LogP contribution in [0.2, 0.25) is 0 Å². The molecule has 1 saturated heterocycles. The second-order valence-electron chi connectivity index (χ2n) is 7.53. The fourth-order valence-corrected chi connectivity index (χ4v) is 3.05. The van der Waals surface area contributed by atoms with Crippen LogP contribution in [0.4, 0.5) is 4.79 Å². The first kappa shape index (κ1) is 24.8. The molecule has 10 heteroatoms. The van der Waals surface area contributed by atoms with Gasteiger partial charge in [0.2, 0.25) is 11.7 Å². The zero-order valence-corrected chi connectivity index (χ0v) is 17.5. The maximum atomic E-state index is 12.4. The van der Waals surface area contributed by atoms with Gasteiger partial charge in [0, 0.05) is 19.6 Å². The van der Waals surface area contributed by atoms with Crippen molar-refractivity contribution < 1.29 is 29.0 Å². The predicted molar refractivity (Wildman–Crippen MR) is 107 cm³/mol. The zero-order chi connectivity index (χ0) is 21.8. The number of carboxylic acid groups (broad SMARTS) is 1. The van der Waals surface area contributed by atoms with Crippen LogP contribution in [-0.4, -0.2) is 85.2 Å². The Morgan fingerprint density at radius 1 is 1.07 bits per heavy atom. The lowest BCUT2D eigenvalue weighted by molar-refractivity contribution is -0.140. The van der Waals surface area contributed by atoms with Crippen molar-refractivity contribution in [3.63, 3.8) is 0 Å². The Labute approximate surface area is 171 Å². The molecule has 2 unspecified atom stereocenters. The SMILES string of the molecule is CCC(NC(=O)C(CC(C)C)NC(=O)O)C(=O)C(=O)NCCCN1CCOCC1. The Balaban J connectivity index is 2.47.